The standard InChI is InChI=1S/C30H32N2O7/c1-29(2,3)17-7-11-19(12-8-17)39-20-13-9-18(10-14-20)31-25(33)21-15-22(26(34)32-30(4,5)6)24(28(37)38)16-23(21)27(35)36/h7-16H,1-6H3,(H,31,33)(H,32,34)(H,35,36)(H,37,38). The molecule has 0 bridgehead atoms. The first-order valence-electron chi connectivity index (χ1n) is 12.2. The van der Waals surface area contributed by atoms with E-state index in [1.807, 2.05) is 24.3 Å². The lowest BCUT2D eigenvalue weighted by Gasteiger charge is -2.21. The van der Waals surface area contributed by atoms with E-state index in [0.29, 0.717) is 17.2 Å². The largest absolute Gasteiger partial charge is 0.478 e. The maximum absolute atomic E-state index is 13.1. The van der Waals surface area contributed by atoms with E-state index in [0.717, 1.165) is 12.1 Å². The summed E-state index contributed by atoms with van der Waals surface area (Å²) in [4.78, 5) is 49.5. The SMILES string of the molecule is CC(C)(C)NC(=O)c1cc(C(=O)Nc2ccc(Oc3ccc(C(C)(C)C)cc3)cc2)c(C(=O)O)cc1C(=O)O. The molecule has 9 nitrogen and oxygen atoms in total. The molecule has 0 radical (unpaired) electrons. The number of nitrogens with one attached hydrogen (secondary N) is 2. The Kier molecular flexibility index (Phi) is 8.14. The summed E-state index contributed by atoms with van der Waals surface area (Å²) in [5.74, 6) is -3.40. The van der Waals surface area contributed by atoms with Crippen LogP contribution >= 0.6 is 0 Å². The zero-order valence-electron chi connectivity index (χ0n) is 22.7. The van der Waals surface area contributed by atoms with Gasteiger partial charge in [0.05, 0.1) is 22.3 Å². The lowest BCUT2D eigenvalue weighted by molar-refractivity contribution is 0.0687. The Morgan fingerprint density at radius 1 is 0.641 bits per heavy atom. The highest BCUT2D eigenvalue weighted by Gasteiger charge is 2.27. The molecule has 204 valence electrons. The van der Waals surface area contributed by atoms with Crippen molar-refractivity contribution < 1.29 is 34.1 Å². The monoisotopic (exact) mass is 532 g/mol. The van der Waals surface area contributed by atoms with Crippen molar-refractivity contribution in [3.8, 4) is 11.5 Å². The quantitative estimate of drug-likeness (QED) is 0.294. The number of carbonyl (C=O) groups is 4. The Morgan fingerprint density at radius 3 is 1.51 bits per heavy atom. The molecule has 0 fully saturated rings. The number of benzene rings is 3. The third-order valence-corrected chi connectivity index (χ3v) is 5.66. The molecule has 0 aliphatic heterocycles. The van der Waals surface area contributed by atoms with Gasteiger partial charge in [-0.1, -0.05) is 32.9 Å². The third-order valence-electron chi connectivity index (χ3n) is 5.66. The van der Waals surface area contributed by atoms with Gasteiger partial charge < -0.3 is 25.6 Å². The van der Waals surface area contributed by atoms with E-state index in [4.69, 9.17) is 4.74 Å². The van der Waals surface area contributed by atoms with Crippen molar-refractivity contribution in [2.75, 3.05) is 5.32 Å². The van der Waals surface area contributed by atoms with Gasteiger partial charge in [-0.2, -0.15) is 0 Å². The van der Waals surface area contributed by atoms with Gasteiger partial charge >= 0.3 is 11.9 Å². The second kappa shape index (κ2) is 11.0. The first-order valence-corrected chi connectivity index (χ1v) is 12.2. The van der Waals surface area contributed by atoms with Crippen molar-refractivity contribution in [1.29, 1.82) is 0 Å². The molecule has 3 rings (SSSR count). The Morgan fingerprint density at radius 2 is 1.08 bits per heavy atom. The number of hydrogen-bond acceptors (Lipinski definition) is 5. The van der Waals surface area contributed by atoms with Crippen molar-refractivity contribution in [2.24, 2.45) is 0 Å². The van der Waals surface area contributed by atoms with Crippen LogP contribution < -0.4 is 15.4 Å². The number of aromatic carboxylic acids is 2. The number of hydrogen-bond donors (Lipinski definition) is 4. The second-order valence-corrected chi connectivity index (χ2v) is 11.1. The summed E-state index contributed by atoms with van der Waals surface area (Å²) < 4.78 is 5.87. The van der Waals surface area contributed by atoms with Crippen molar-refractivity contribution >= 4 is 29.4 Å². The molecule has 3 aromatic carbocycles. The van der Waals surface area contributed by atoms with Crippen LogP contribution in [0.2, 0.25) is 0 Å². The first kappa shape index (κ1) is 28.9. The molecule has 0 atom stereocenters. The Bertz CT molecular complexity index is 1410. The van der Waals surface area contributed by atoms with E-state index < -0.39 is 40.4 Å². The van der Waals surface area contributed by atoms with Gasteiger partial charge in [-0.25, -0.2) is 9.59 Å². The third kappa shape index (κ3) is 7.44. The smallest absolute Gasteiger partial charge is 0.336 e. The zero-order chi connectivity index (χ0) is 29.1. The number of anilines is 1. The number of rotatable bonds is 7. The van der Waals surface area contributed by atoms with Gasteiger partial charge in [0.1, 0.15) is 11.5 Å². The minimum atomic E-state index is -1.51. The van der Waals surface area contributed by atoms with Gasteiger partial charge in [0.15, 0.2) is 0 Å². The van der Waals surface area contributed by atoms with E-state index in [2.05, 4.69) is 31.4 Å². The lowest BCUT2D eigenvalue weighted by Crippen LogP contribution is -2.41. The Labute approximate surface area is 226 Å². The normalized spacial score (nSPS) is 11.4. The minimum absolute atomic E-state index is 0.0178. The highest BCUT2D eigenvalue weighted by molar-refractivity contribution is 6.15. The zero-order valence-corrected chi connectivity index (χ0v) is 22.7. The van der Waals surface area contributed by atoms with Crippen LogP contribution in [0.1, 0.15) is 88.5 Å². The summed E-state index contributed by atoms with van der Waals surface area (Å²) in [5, 5.41) is 24.5. The molecule has 2 amide bonds. The van der Waals surface area contributed by atoms with Crippen LogP contribution in [-0.4, -0.2) is 39.5 Å². The summed E-state index contributed by atoms with van der Waals surface area (Å²) in [7, 11) is 0. The van der Waals surface area contributed by atoms with Crippen LogP contribution in [0.15, 0.2) is 60.7 Å². The molecule has 0 unspecified atom stereocenters. The fraction of sp³-hybridized carbons (Fsp3) is 0.267. The number of amides is 2. The molecule has 0 saturated heterocycles. The van der Waals surface area contributed by atoms with Crippen LogP contribution in [0, 0.1) is 0 Å². The fourth-order valence-electron chi connectivity index (χ4n) is 3.70. The van der Waals surface area contributed by atoms with Gasteiger partial charge in [-0.05, 0) is 80.3 Å². The molecule has 4 N–H and O–H groups in total. The van der Waals surface area contributed by atoms with Crippen LogP contribution in [0.4, 0.5) is 5.69 Å². The van der Waals surface area contributed by atoms with Crippen molar-refractivity contribution in [1.82, 2.24) is 5.32 Å². The van der Waals surface area contributed by atoms with E-state index in [-0.39, 0.29) is 16.5 Å². The molecule has 0 spiro atoms. The minimum Gasteiger partial charge on any atom is -0.478 e. The maximum atomic E-state index is 13.1. The summed E-state index contributed by atoms with van der Waals surface area (Å²) in [6, 6.07) is 16.0. The Balaban J connectivity index is 1.85. The number of ether oxygens (including phenoxy) is 1. The molecule has 0 aliphatic rings. The van der Waals surface area contributed by atoms with Crippen LogP contribution in [0.25, 0.3) is 0 Å². The average molecular weight is 533 g/mol. The molecule has 9 heteroatoms. The first-order chi connectivity index (χ1) is 18.0. The van der Waals surface area contributed by atoms with Gasteiger partial charge in [0, 0.05) is 11.2 Å². The highest BCUT2D eigenvalue weighted by atomic mass is 16.5. The average Bonchev–Trinajstić information content (AvgIpc) is 2.83. The van der Waals surface area contributed by atoms with E-state index in [9.17, 15) is 29.4 Å². The fourth-order valence-corrected chi connectivity index (χ4v) is 3.70. The van der Waals surface area contributed by atoms with Crippen molar-refractivity contribution in [3.05, 3.63) is 88.5 Å². The molecular weight excluding hydrogens is 500 g/mol. The van der Waals surface area contributed by atoms with Gasteiger partial charge in [-0.15, -0.1) is 0 Å². The van der Waals surface area contributed by atoms with Crippen molar-refractivity contribution in [3.63, 3.8) is 0 Å². The van der Waals surface area contributed by atoms with Gasteiger partial charge in [-0.3, -0.25) is 9.59 Å². The maximum Gasteiger partial charge on any atom is 0.336 e. The van der Waals surface area contributed by atoms with Crippen molar-refractivity contribution in [2.45, 2.75) is 52.5 Å². The predicted octanol–water partition coefficient (Wildman–Crippen LogP) is 5.95. The molecular formula is C30H32N2O7. The van der Waals surface area contributed by atoms with Gasteiger partial charge in [0.25, 0.3) is 11.8 Å². The molecule has 0 saturated carbocycles. The predicted molar refractivity (Wildman–Crippen MR) is 147 cm³/mol. The van der Waals surface area contributed by atoms with E-state index >= 15 is 0 Å². The summed E-state index contributed by atoms with van der Waals surface area (Å²) in [5.41, 5.74) is -0.916. The number of carbonyl (C=O) groups excluding carboxylic acids is 2. The van der Waals surface area contributed by atoms with E-state index in [1.54, 1.807) is 45.0 Å². The van der Waals surface area contributed by atoms with Crippen LogP contribution in [0.5, 0.6) is 11.5 Å². The van der Waals surface area contributed by atoms with Gasteiger partial charge in [0.2, 0.25) is 0 Å². The molecule has 0 aliphatic carbocycles. The molecule has 0 heterocycles. The summed E-state index contributed by atoms with van der Waals surface area (Å²) in [6.07, 6.45) is 0. The molecule has 39 heavy (non-hydrogen) atoms. The summed E-state index contributed by atoms with van der Waals surface area (Å²) >= 11 is 0. The van der Waals surface area contributed by atoms with E-state index in [1.165, 1.54) is 5.56 Å². The molecule has 0 aromatic heterocycles. The van der Waals surface area contributed by atoms with Crippen LogP contribution in [-0.2, 0) is 5.41 Å². The topological polar surface area (TPSA) is 142 Å². The number of carboxylic acid groups (broad SMARTS) is 2. The summed E-state index contributed by atoms with van der Waals surface area (Å²) in [6.45, 7) is 11.5. The Hall–Kier alpha value is -4.66. The number of carboxylic acids is 2. The second-order valence-electron chi connectivity index (χ2n) is 11.1. The lowest BCUT2D eigenvalue weighted by atomic mass is 9.87. The highest BCUT2D eigenvalue weighted by Crippen LogP contribution is 2.28. The molecule has 3 aromatic rings. The van der Waals surface area contributed by atoms with Crippen LogP contribution in [0.3, 0.4) is 0 Å².